The Morgan fingerprint density at radius 2 is 2.00 bits per heavy atom. The Kier molecular flexibility index (Phi) is 4.39. The van der Waals surface area contributed by atoms with Gasteiger partial charge in [-0.3, -0.25) is 0 Å². The molecule has 0 saturated carbocycles. The molecule has 134 valence electrons. The van der Waals surface area contributed by atoms with Gasteiger partial charge in [0.05, 0.1) is 24.3 Å². The monoisotopic (exact) mass is 351 g/mol. The Morgan fingerprint density at radius 3 is 2.69 bits per heavy atom. The summed E-state index contributed by atoms with van der Waals surface area (Å²) in [6, 6.07) is 15.8. The predicted molar refractivity (Wildman–Crippen MR) is 99.2 cm³/mol. The van der Waals surface area contributed by atoms with Crippen molar-refractivity contribution in [3.05, 3.63) is 59.8 Å². The number of para-hydroxylation sites is 1. The molecule has 2 heterocycles. The Hall–Kier alpha value is -2.79. The number of ether oxygens (including phenoxy) is 3. The van der Waals surface area contributed by atoms with Gasteiger partial charge < -0.3 is 18.8 Å². The zero-order valence-corrected chi connectivity index (χ0v) is 14.9. The van der Waals surface area contributed by atoms with Gasteiger partial charge in [0.1, 0.15) is 18.5 Å². The predicted octanol–water partition coefficient (Wildman–Crippen LogP) is 3.89. The van der Waals surface area contributed by atoms with E-state index in [9.17, 15) is 4.79 Å². The maximum absolute atomic E-state index is 12.6. The van der Waals surface area contributed by atoms with Crippen LogP contribution in [0.15, 0.2) is 48.5 Å². The van der Waals surface area contributed by atoms with Crippen molar-refractivity contribution in [3.63, 3.8) is 0 Å². The molecule has 2 aromatic carbocycles. The molecule has 0 aliphatic carbocycles. The Bertz CT molecular complexity index is 942. The van der Waals surface area contributed by atoms with Crippen LogP contribution in [0.2, 0.25) is 0 Å². The number of nitrogens with zero attached hydrogens (tertiary/aromatic N) is 1. The van der Waals surface area contributed by atoms with Crippen LogP contribution in [0.4, 0.5) is 0 Å². The minimum absolute atomic E-state index is 0.186. The molecule has 1 aliphatic heterocycles. The Balaban J connectivity index is 1.85. The summed E-state index contributed by atoms with van der Waals surface area (Å²) in [6.45, 7) is 5.37. The molecule has 3 aromatic rings. The lowest BCUT2D eigenvalue weighted by atomic mass is 10.1. The number of hydrogen-bond donors (Lipinski definition) is 0. The molecule has 26 heavy (non-hydrogen) atoms. The maximum atomic E-state index is 12.6. The third-order valence-corrected chi connectivity index (χ3v) is 4.51. The molecule has 1 unspecified atom stereocenters. The first-order valence-corrected chi connectivity index (χ1v) is 8.81. The van der Waals surface area contributed by atoms with Crippen LogP contribution in [0.5, 0.6) is 5.75 Å². The van der Waals surface area contributed by atoms with E-state index >= 15 is 0 Å². The number of hydrogen-bond acceptors (Lipinski definition) is 4. The van der Waals surface area contributed by atoms with Gasteiger partial charge in [-0.05, 0) is 44.2 Å². The van der Waals surface area contributed by atoms with Crippen molar-refractivity contribution in [2.45, 2.75) is 20.0 Å². The number of fused-ring (bicyclic) bond motifs is 1. The summed E-state index contributed by atoms with van der Waals surface area (Å²) in [4.78, 5) is 12.6. The molecule has 1 aromatic heterocycles. The zero-order chi connectivity index (χ0) is 18.1. The lowest BCUT2D eigenvalue weighted by molar-refractivity contribution is 0.0527. The van der Waals surface area contributed by atoms with Gasteiger partial charge in [0.2, 0.25) is 0 Å². The molecule has 1 aliphatic rings. The Morgan fingerprint density at radius 1 is 1.23 bits per heavy atom. The number of epoxide rings is 1. The highest BCUT2D eigenvalue weighted by Crippen LogP contribution is 2.32. The summed E-state index contributed by atoms with van der Waals surface area (Å²) in [6.07, 6.45) is 0.186. The van der Waals surface area contributed by atoms with Crippen LogP contribution >= 0.6 is 0 Å². The molecule has 1 atom stereocenters. The van der Waals surface area contributed by atoms with E-state index in [2.05, 4.69) is 4.57 Å². The molecular weight excluding hydrogens is 330 g/mol. The molecule has 1 saturated heterocycles. The van der Waals surface area contributed by atoms with Crippen LogP contribution in [0.25, 0.3) is 16.6 Å². The second-order valence-corrected chi connectivity index (χ2v) is 6.30. The summed E-state index contributed by atoms with van der Waals surface area (Å²) < 4.78 is 18.4. The molecular formula is C21H21NO4. The summed E-state index contributed by atoms with van der Waals surface area (Å²) in [7, 11) is 0. The lowest BCUT2D eigenvalue weighted by Gasteiger charge is -2.09. The fourth-order valence-corrected chi connectivity index (χ4v) is 3.21. The summed E-state index contributed by atoms with van der Waals surface area (Å²) in [5.41, 5.74) is 3.39. The van der Waals surface area contributed by atoms with Gasteiger partial charge in [0, 0.05) is 16.8 Å². The average molecular weight is 351 g/mol. The standard InChI is InChI=1S/C21H21NO4/c1-3-24-21(23)20-14(2)22(15-7-5-4-6-8-15)19-10-9-16(11-18(19)20)25-12-17-13-26-17/h4-11,17H,3,12-13H2,1-2H3. The van der Waals surface area contributed by atoms with E-state index in [1.165, 1.54) is 0 Å². The van der Waals surface area contributed by atoms with Gasteiger partial charge in [-0.2, -0.15) is 0 Å². The van der Waals surface area contributed by atoms with Crippen molar-refractivity contribution in [1.29, 1.82) is 0 Å². The summed E-state index contributed by atoms with van der Waals surface area (Å²) in [5, 5.41) is 0.832. The minimum atomic E-state index is -0.313. The van der Waals surface area contributed by atoms with E-state index in [0.29, 0.717) is 18.8 Å². The van der Waals surface area contributed by atoms with Crippen molar-refractivity contribution in [2.75, 3.05) is 19.8 Å². The van der Waals surface area contributed by atoms with E-state index in [4.69, 9.17) is 14.2 Å². The Labute approximate surface area is 152 Å². The van der Waals surface area contributed by atoms with Gasteiger partial charge in [0.15, 0.2) is 0 Å². The third-order valence-electron chi connectivity index (χ3n) is 4.51. The normalized spacial score (nSPS) is 15.8. The highest BCUT2D eigenvalue weighted by atomic mass is 16.6. The lowest BCUT2D eigenvalue weighted by Crippen LogP contribution is -2.07. The number of benzene rings is 2. The van der Waals surface area contributed by atoms with E-state index in [1.807, 2.05) is 62.4 Å². The first-order chi connectivity index (χ1) is 12.7. The maximum Gasteiger partial charge on any atom is 0.340 e. The fourth-order valence-electron chi connectivity index (χ4n) is 3.21. The number of aromatic nitrogens is 1. The number of carbonyl (C=O) groups is 1. The minimum Gasteiger partial charge on any atom is -0.491 e. The molecule has 5 heteroatoms. The molecule has 0 amide bonds. The van der Waals surface area contributed by atoms with Crippen LogP contribution in [-0.2, 0) is 9.47 Å². The molecule has 4 rings (SSSR count). The van der Waals surface area contributed by atoms with Crippen LogP contribution in [0, 0.1) is 6.92 Å². The van der Waals surface area contributed by atoms with E-state index in [-0.39, 0.29) is 12.1 Å². The molecule has 0 spiro atoms. The van der Waals surface area contributed by atoms with E-state index in [1.54, 1.807) is 0 Å². The number of carbonyl (C=O) groups excluding carboxylic acids is 1. The van der Waals surface area contributed by atoms with Crippen molar-refractivity contribution >= 4 is 16.9 Å². The highest BCUT2D eigenvalue weighted by Gasteiger charge is 2.25. The van der Waals surface area contributed by atoms with Gasteiger partial charge >= 0.3 is 5.97 Å². The number of rotatable bonds is 6. The summed E-state index contributed by atoms with van der Waals surface area (Å²) >= 11 is 0. The van der Waals surface area contributed by atoms with Crippen LogP contribution < -0.4 is 4.74 Å². The van der Waals surface area contributed by atoms with Gasteiger partial charge in [-0.15, -0.1) is 0 Å². The second kappa shape index (κ2) is 6.84. The largest absolute Gasteiger partial charge is 0.491 e. The first kappa shape index (κ1) is 16.7. The number of esters is 1. The molecule has 1 fully saturated rings. The summed E-state index contributed by atoms with van der Waals surface area (Å²) in [5.74, 6) is 0.413. The molecule has 5 nitrogen and oxygen atoms in total. The topological polar surface area (TPSA) is 53.0 Å². The van der Waals surface area contributed by atoms with Crippen LogP contribution in [0.1, 0.15) is 23.0 Å². The molecule has 0 bridgehead atoms. The fraction of sp³-hybridized carbons (Fsp3) is 0.286. The van der Waals surface area contributed by atoms with Crippen molar-refractivity contribution in [3.8, 4) is 11.4 Å². The van der Waals surface area contributed by atoms with Crippen LogP contribution in [-0.4, -0.2) is 36.5 Å². The zero-order valence-electron chi connectivity index (χ0n) is 14.9. The quantitative estimate of drug-likeness (QED) is 0.499. The van der Waals surface area contributed by atoms with Crippen molar-refractivity contribution in [1.82, 2.24) is 4.57 Å². The highest BCUT2D eigenvalue weighted by molar-refractivity contribution is 6.07. The van der Waals surface area contributed by atoms with E-state index < -0.39 is 0 Å². The van der Waals surface area contributed by atoms with Gasteiger partial charge in [-0.25, -0.2) is 4.79 Å². The van der Waals surface area contributed by atoms with Crippen molar-refractivity contribution in [2.24, 2.45) is 0 Å². The van der Waals surface area contributed by atoms with Gasteiger partial charge in [0.25, 0.3) is 0 Å². The molecule has 0 N–H and O–H groups in total. The van der Waals surface area contributed by atoms with Crippen molar-refractivity contribution < 1.29 is 19.0 Å². The smallest absolute Gasteiger partial charge is 0.340 e. The average Bonchev–Trinajstić information content (AvgIpc) is 3.43. The third kappa shape index (κ3) is 3.06. The second-order valence-electron chi connectivity index (χ2n) is 6.30. The molecule has 0 radical (unpaired) electrons. The van der Waals surface area contributed by atoms with Crippen LogP contribution in [0.3, 0.4) is 0 Å². The van der Waals surface area contributed by atoms with E-state index in [0.717, 1.165) is 34.6 Å². The first-order valence-electron chi connectivity index (χ1n) is 8.81. The van der Waals surface area contributed by atoms with Gasteiger partial charge in [-0.1, -0.05) is 18.2 Å². The SMILES string of the molecule is CCOC(=O)c1c(C)n(-c2ccccc2)c2ccc(OCC3CO3)cc12.